The zero-order valence-electron chi connectivity index (χ0n) is 17.9. The lowest BCUT2D eigenvalue weighted by Crippen LogP contribution is -2.30. The maximum atomic E-state index is 12.8. The van der Waals surface area contributed by atoms with Gasteiger partial charge in [0.1, 0.15) is 5.70 Å². The minimum Gasteiger partial charge on any atom is -0.490 e. The standard InChI is InChI=1S/C23H23ClN2O6/c1-4-31-19-11-16(9-17(24)21(19)32-13-20(27)30-3)10-18-22(28)26(23(29)25-18)12-15-7-5-6-14(2)8-15/h5-11H,4,12-13H2,1-3H3,(H,25,29)/b18-10+. The number of rotatable bonds is 8. The summed E-state index contributed by atoms with van der Waals surface area (Å²) in [6.07, 6.45) is 1.51. The van der Waals surface area contributed by atoms with Crippen molar-refractivity contribution in [2.45, 2.75) is 20.4 Å². The van der Waals surface area contributed by atoms with Gasteiger partial charge in [-0.05, 0) is 43.2 Å². The predicted octanol–water partition coefficient (Wildman–Crippen LogP) is 3.69. The van der Waals surface area contributed by atoms with E-state index in [0.29, 0.717) is 17.9 Å². The van der Waals surface area contributed by atoms with Gasteiger partial charge in [-0.2, -0.15) is 0 Å². The first-order valence-electron chi connectivity index (χ1n) is 9.88. The van der Waals surface area contributed by atoms with E-state index in [0.717, 1.165) is 16.0 Å². The van der Waals surface area contributed by atoms with Gasteiger partial charge in [0.15, 0.2) is 18.1 Å². The average Bonchev–Trinajstić information content (AvgIpc) is 3.00. The fourth-order valence-corrected chi connectivity index (χ4v) is 3.41. The van der Waals surface area contributed by atoms with Crippen LogP contribution in [0.25, 0.3) is 6.08 Å². The molecule has 9 heteroatoms. The number of amides is 3. The molecule has 0 saturated carbocycles. The van der Waals surface area contributed by atoms with Crippen molar-refractivity contribution < 1.29 is 28.6 Å². The highest BCUT2D eigenvalue weighted by Gasteiger charge is 2.33. The molecule has 0 aliphatic carbocycles. The van der Waals surface area contributed by atoms with Crippen LogP contribution in [0.1, 0.15) is 23.6 Å². The van der Waals surface area contributed by atoms with Gasteiger partial charge in [-0.3, -0.25) is 9.69 Å². The summed E-state index contributed by atoms with van der Waals surface area (Å²) in [5.74, 6) is -0.535. The second-order valence-electron chi connectivity index (χ2n) is 7.00. The number of imide groups is 1. The van der Waals surface area contributed by atoms with Crippen molar-refractivity contribution in [3.63, 3.8) is 0 Å². The molecule has 0 radical (unpaired) electrons. The average molecular weight is 459 g/mol. The number of nitrogens with zero attached hydrogens (tertiary/aromatic N) is 1. The fraction of sp³-hybridized carbons (Fsp3) is 0.261. The highest BCUT2D eigenvalue weighted by Crippen LogP contribution is 2.37. The molecule has 168 valence electrons. The Kier molecular flexibility index (Phi) is 7.37. The number of methoxy groups -OCH3 is 1. The molecular weight excluding hydrogens is 436 g/mol. The minimum absolute atomic E-state index is 0.115. The fourth-order valence-electron chi connectivity index (χ4n) is 3.14. The second-order valence-corrected chi connectivity index (χ2v) is 7.40. The maximum absolute atomic E-state index is 12.8. The largest absolute Gasteiger partial charge is 0.490 e. The number of carbonyl (C=O) groups excluding carboxylic acids is 3. The van der Waals surface area contributed by atoms with Crippen LogP contribution in [-0.2, 0) is 20.9 Å². The first-order chi connectivity index (χ1) is 15.3. The van der Waals surface area contributed by atoms with Gasteiger partial charge in [-0.25, -0.2) is 9.59 Å². The molecule has 3 amide bonds. The highest BCUT2D eigenvalue weighted by molar-refractivity contribution is 6.32. The Balaban J connectivity index is 1.84. The topological polar surface area (TPSA) is 94.2 Å². The second kappa shape index (κ2) is 10.2. The molecule has 32 heavy (non-hydrogen) atoms. The normalized spacial score (nSPS) is 14.5. The monoisotopic (exact) mass is 458 g/mol. The lowest BCUT2D eigenvalue weighted by molar-refractivity contribution is -0.142. The molecule has 1 N–H and O–H groups in total. The van der Waals surface area contributed by atoms with Crippen LogP contribution in [0.3, 0.4) is 0 Å². The van der Waals surface area contributed by atoms with Crippen LogP contribution in [0.5, 0.6) is 11.5 Å². The summed E-state index contributed by atoms with van der Waals surface area (Å²) in [7, 11) is 1.25. The number of benzene rings is 2. The summed E-state index contributed by atoms with van der Waals surface area (Å²) in [6.45, 7) is 3.88. The van der Waals surface area contributed by atoms with Crippen molar-refractivity contribution in [2.75, 3.05) is 20.3 Å². The summed E-state index contributed by atoms with van der Waals surface area (Å²) >= 11 is 6.33. The molecule has 1 saturated heterocycles. The summed E-state index contributed by atoms with van der Waals surface area (Å²) in [5.41, 5.74) is 2.52. The van der Waals surface area contributed by atoms with E-state index in [1.54, 1.807) is 19.1 Å². The summed E-state index contributed by atoms with van der Waals surface area (Å²) in [6, 6.07) is 10.3. The number of carbonyl (C=O) groups is 3. The van der Waals surface area contributed by atoms with E-state index >= 15 is 0 Å². The molecule has 1 aliphatic rings. The Labute approximate surface area is 190 Å². The smallest absolute Gasteiger partial charge is 0.343 e. The van der Waals surface area contributed by atoms with Crippen molar-refractivity contribution in [1.29, 1.82) is 0 Å². The van der Waals surface area contributed by atoms with Crippen LogP contribution < -0.4 is 14.8 Å². The van der Waals surface area contributed by atoms with E-state index < -0.39 is 17.9 Å². The third-order valence-electron chi connectivity index (χ3n) is 4.59. The van der Waals surface area contributed by atoms with Gasteiger partial charge < -0.3 is 19.5 Å². The Hall–Kier alpha value is -3.52. The van der Waals surface area contributed by atoms with Crippen molar-refractivity contribution in [2.24, 2.45) is 0 Å². The Bertz CT molecular complexity index is 1080. The van der Waals surface area contributed by atoms with Gasteiger partial charge in [0.05, 0.1) is 25.3 Å². The summed E-state index contributed by atoms with van der Waals surface area (Å²) in [5, 5.41) is 2.77. The number of ether oxygens (including phenoxy) is 3. The first-order valence-corrected chi connectivity index (χ1v) is 10.3. The van der Waals surface area contributed by atoms with E-state index in [4.69, 9.17) is 21.1 Å². The highest BCUT2D eigenvalue weighted by atomic mass is 35.5. The maximum Gasteiger partial charge on any atom is 0.343 e. The molecule has 0 unspecified atom stereocenters. The van der Waals surface area contributed by atoms with Gasteiger partial charge in [-0.1, -0.05) is 41.4 Å². The van der Waals surface area contributed by atoms with Crippen molar-refractivity contribution in [3.05, 3.63) is 63.8 Å². The number of urea groups is 1. The van der Waals surface area contributed by atoms with Gasteiger partial charge in [-0.15, -0.1) is 0 Å². The number of hydrogen-bond acceptors (Lipinski definition) is 6. The quantitative estimate of drug-likeness (QED) is 0.368. The number of hydrogen-bond donors (Lipinski definition) is 1. The zero-order chi connectivity index (χ0) is 23.3. The third-order valence-corrected chi connectivity index (χ3v) is 4.87. The van der Waals surface area contributed by atoms with Gasteiger partial charge in [0, 0.05) is 0 Å². The minimum atomic E-state index is -0.567. The molecule has 0 atom stereocenters. The van der Waals surface area contributed by atoms with Crippen LogP contribution >= 0.6 is 11.6 Å². The molecule has 1 aliphatic heterocycles. The van der Waals surface area contributed by atoms with Crippen LogP contribution in [0.4, 0.5) is 4.79 Å². The molecule has 3 rings (SSSR count). The summed E-state index contributed by atoms with van der Waals surface area (Å²) in [4.78, 5) is 37.7. The summed E-state index contributed by atoms with van der Waals surface area (Å²) < 4.78 is 15.6. The van der Waals surface area contributed by atoms with E-state index in [1.165, 1.54) is 13.2 Å². The molecule has 0 aromatic heterocycles. The van der Waals surface area contributed by atoms with Crippen LogP contribution in [0.2, 0.25) is 5.02 Å². The Morgan fingerprint density at radius 3 is 2.66 bits per heavy atom. The number of nitrogens with one attached hydrogen (secondary N) is 1. The van der Waals surface area contributed by atoms with Crippen LogP contribution in [-0.4, -0.2) is 43.1 Å². The van der Waals surface area contributed by atoms with E-state index in [2.05, 4.69) is 10.1 Å². The van der Waals surface area contributed by atoms with Crippen molar-refractivity contribution in [3.8, 4) is 11.5 Å². The van der Waals surface area contributed by atoms with E-state index in [-0.39, 0.29) is 29.6 Å². The van der Waals surface area contributed by atoms with Gasteiger partial charge in [0.2, 0.25) is 0 Å². The third kappa shape index (κ3) is 5.39. The van der Waals surface area contributed by atoms with E-state index in [9.17, 15) is 14.4 Å². The van der Waals surface area contributed by atoms with Gasteiger partial charge in [0.25, 0.3) is 5.91 Å². The molecule has 0 spiro atoms. The lowest BCUT2D eigenvalue weighted by atomic mass is 10.1. The molecule has 2 aromatic carbocycles. The molecular formula is C23H23ClN2O6. The van der Waals surface area contributed by atoms with Gasteiger partial charge >= 0.3 is 12.0 Å². The molecule has 1 heterocycles. The number of aryl methyl sites for hydroxylation is 1. The molecule has 0 bridgehead atoms. The van der Waals surface area contributed by atoms with Crippen molar-refractivity contribution in [1.82, 2.24) is 10.2 Å². The predicted molar refractivity (Wildman–Crippen MR) is 118 cm³/mol. The Morgan fingerprint density at radius 2 is 1.97 bits per heavy atom. The zero-order valence-corrected chi connectivity index (χ0v) is 18.7. The molecule has 8 nitrogen and oxygen atoms in total. The SMILES string of the molecule is CCOc1cc(/C=C2/NC(=O)N(Cc3cccc(C)c3)C2=O)cc(Cl)c1OCC(=O)OC. The van der Waals surface area contributed by atoms with Crippen LogP contribution in [0.15, 0.2) is 42.1 Å². The number of esters is 1. The van der Waals surface area contributed by atoms with E-state index in [1.807, 2.05) is 31.2 Å². The molecule has 1 fully saturated rings. The van der Waals surface area contributed by atoms with Crippen molar-refractivity contribution >= 4 is 35.6 Å². The van der Waals surface area contributed by atoms with Crippen LogP contribution in [0, 0.1) is 6.92 Å². The lowest BCUT2D eigenvalue weighted by Gasteiger charge is -2.14. The number of halogens is 1. The Morgan fingerprint density at radius 1 is 1.19 bits per heavy atom. The molecule has 2 aromatic rings. The first kappa shape index (κ1) is 23.1.